The van der Waals surface area contributed by atoms with Crippen LogP contribution in [0.2, 0.25) is 0 Å². The van der Waals surface area contributed by atoms with Crippen LogP contribution >= 0.6 is 0 Å². The fraction of sp³-hybridized carbons (Fsp3) is 0.250. The maximum absolute atomic E-state index is 12.8. The summed E-state index contributed by atoms with van der Waals surface area (Å²) in [5.74, 6) is -0.00504. The number of anilines is 1. The topological polar surface area (TPSA) is 110 Å². The third-order valence-electron chi connectivity index (χ3n) is 5.41. The van der Waals surface area contributed by atoms with Crippen molar-refractivity contribution in [2.45, 2.75) is 33.2 Å². The molecule has 0 atom stereocenters. The number of carbonyl (C=O) groups excluding carboxylic acids is 1. The number of rotatable bonds is 6. The normalized spacial score (nSPS) is 10.9. The summed E-state index contributed by atoms with van der Waals surface area (Å²) >= 11 is 0. The molecule has 0 bridgehead atoms. The largest absolute Gasteiger partial charge is 0.495 e. The number of para-hydroxylation sites is 1. The first-order valence-electron chi connectivity index (χ1n) is 10.3. The van der Waals surface area contributed by atoms with Crippen molar-refractivity contribution >= 4 is 33.5 Å². The van der Waals surface area contributed by atoms with E-state index in [1.165, 1.54) is 7.11 Å². The Morgan fingerprint density at radius 1 is 1.19 bits per heavy atom. The number of aromatic nitrogens is 2. The zero-order chi connectivity index (χ0) is 22.8. The second-order valence-corrected chi connectivity index (χ2v) is 7.28. The predicted octanol–water partition coefficient (Wildman–Crippen LogP) is 3.79. The molecule has 8 heteroatoms. The molecule has 0 radical (unpaired) electrons. The van der Waals surface area contributed by atoms with Crippen LogP contribution in [-0.2, 0) is 24.2 Å². The van der Waals surface area contributed by atoms with Crippen molar-refractivity contribution < 1.29 is 13.9 Å². The number of aryl methyl sites for hydroxylation is 1. The SMILES string of the molecule is CCc1nn(CC(=O)Nc2cc3oc4ccccc4c3cc2OC)c(=O)c(C#N)c1CC. The molecule has 0 aliphatic heterocycles. The molecule has 0 fully saturated rings. The number of benzene rings is 2. The highest BCUT2D eigenvalue weighted by Crippen LogP contribution is 2.36. The van der Waals surface area contributed by atoms with Crippen LogP contribution in [0.3, 0.4) is 0 Å². The fourth-order valence-electron chi connectivity index (χ4n) is 3.89. The molecule has 2 aromatic carbocycles. The van der Waals surface area contributed by atoms with Crippen LogP contribution in [0.1, 0.15) is 30.7 Å². The molecule has 0 aliphatic rings. The fourth-order valence-corrected chi connectivity index (χ4v) is 3.89. The molecule has 8 nitrogen and oxygen atoms in total. The first-order chi connectivity index (χ1) is 15.5. The van der Waals surface area contributed by atoms with Gasteiger partial charge in [0.2, 0.25) is 5.91 Å². The van der Waals surface area contributed by atoms with Crippen LogP contribution in [0.15, 0.2) is 45.6 Å². The lowest BCUT2D eigenvalue weighted by Gasteiger charge is -2.13. The van der Waals surface area contributed by atoms with E-state index in [4.69, 9.17) is 9.15 Å². The van der Waals surface area contributed by atoms with E-state index in [0.29, 0.717) is 41.1 Å². The van der Waals surface area contributed by atoms with E-state index in [2.05, 4.69) is 10.4 Å². The maximum atomic E-state index is 12.8. The lowest BCUT2D eigenvalue weighted by molar-refractivity contribution is -0.117. The van der Waals surface area contributed by atoms with Gasteiger partial charge >= 0.3 is 0 Å². The Morgan fingerprint density at radius 3 is 2.66 bits per heavy atom. The molecule has 2 heterocycles. The van der Waals surface area contributed by atoms with Gasteiger partial charge in [-0.3, -0.25) is 9.59 Å². The Hall–Kier alpha value is -4.12. The summed E-state index contributed by atoms with van der Waals surface area (Å²) in [6.45, 7) is 3.44. The molecule has 32 heavy (non-hydrogen) atoms. The number of hydrogen-bond donors (Lipinski definition) is 1. The summed E-state index contributed by atoms with van der Waals surface area (Å²) < 4.78 is 12.4. The van der Waals surface area contributed by atoms with E-state index in [1.54, 1.807) is 12.1 Å². The lowest BCUT2D eigenvalue weighted by Crippen LogP contribution is -2.33. The van der Waals surface area contributed by atoms with Gasteiger partial charge in [-0.15, -0.1) is 0 Å². The Morgan fingerprint density at radius 2 is 1.97 bits per heavy atom. The number of ether oxygens (including phenoxy) is 1. The number of furan rings is 1. The molecule has 1 amide bonds. The maximum Gasteiger partial charge on any atom is 0.285 e. The summed E-state index contributed by atoms with van der Waals surface area (Å²) in [4.78, 5) is 25.5. The number of amides is 1. The van der Waals surface area contributed by atoms with Gasteiger partial charge < -0.3 is 14.5 Å². The molecule has 4 rings (SSSR count). The number of nitrogens with one attached hydrogen (secondary N) is 1. The molecule has 0 saturated carbocycles. The zero-order valence-electron chi connectivity index (χ0n) is 18.1. The Kier molecular flexibility index (Phi) is 5.65. The average molecular weight is 430 g/mol. The molecular formula is C24H22N4O4. The summed E-state index contributed by atoms with van der Waals surface area (Å²) in [7, 11) is 1.52. The highest BCUT2D eigenvalue weighted by molar-refractivity contribution is 6.07. The molecule has 0 saturated heterocycles. The Balaban J connectivity index is 1.68. The van der Waals surface area contributed by atoms with Gasteiger partial charge in [0.1, 0.15) is 35.1 Å². The number of carbonyl (C=O) groups is 1. The van der Waals surface area contributed by atoms with E-state index in [1.807, 2.05) is 44.2 Å². The van der Waals surface area contributed by atoms with Crippen LogP contribution in [0, 0.1) is 11.3 Å². The third kappa shape index (κ3) is 3.58. The van der Waals surface area contributed by atoms with Crippen molar-refractivity contribution in [3.8, 4) is 11.8 Å². The minimum Gasteiger partial charge on any atom is -0.495 e. The molecule has 4 aromatic rings. The summed E-state index contributed by atoms with van der Waals surface area (Å²) in [5.41, 5.74) is 2.48. The first-order valence-corrected chi connectivity index (χ1v) is 10.3. The molecule has 162 valence electrons. The lowest BCUT2D eigenvalue weighted by atomic mass is 10.0. The smallest absolute Gasteiger partial charge is 0.285 e. The number of hydrogen-bond acceptors (Lipinski definition) is 6. The Labute approximate surface area is 184 Å². The minimum absolute atomic E-state index is 0.0356. The minimum atomic E-state index is -0.573. The van der Waals surface area contributed by atoms with Gasteiger partial charge in [-0.25, -0.2) is 4.68 Å². The Bertz CT molecular complexity index is 1440. The second kappa shape index (κ2) is 8.55. The first kappa shape index (κ1) is 21.1. The molecular weight excluding hydrogens is 408 g/mol. The van der Waals surface area contributed by atoms with Crippen LogP contribution in [0.25, 0.3) is 21.9 Å². The monoisotopic (exact) mass is 430 g/mol. The average Bonchev–Trinajstić information content (AvgIpc) is 3.16. The molecule has 0 aliphatic carbocycles. The van der Waals surface area contributed by atoms with Gasteiger partial charge in [-0.1, -0.05) is 32.0 Å². The molecule has 0 spiro atoms. The van der Waals surface area contributed by atoms with Gasteiger partial charge in [0, 0.05) is 16.8 Å². The highest BCUT2D eigenvalue weighted by atomic mass is 16.5. The van der Waals surface area contributed by atoms with Crippen molar-refractivity contribution in [1.29, 1.82) is 5.26 Å². The number of nitrogens with zero attached hydrogens (tertiary/aromatic N) is 3. The second-order valence-electron chi connectivity index (χ2n) is 7.28. The quantitative estimate of drug-likeness (QED) is 0.498. The van der Waals surface area contributed by atoms with E-state index in [-0.39, 0.29) is 12.1 Å². The van der Waals surface area contributed by atoms with E-state index in [0.717, 1.165) is 21.0 Å². The van der Waals surface area contributed by atoms with Crippen molar-refractivity contribution in [2.24, 2.45) is 0 Å². The summed E-state index contributed by atoms with van der Waals surface area (Å²) in [6.07, 6.45) is 1.08. The third-order valence-corrected chi connectivity index (χ3v) is 5.41. The van der Waals surface area contributed by atoms with Crippen molar-refractivity contribution in [3.05, 3.63) is 63.6 Å². The van der Waals surface area contributed by atoms with E-state index >= 15 is 0 Å². The number of methoxy groups -OCH3 is 1. The summed E-state index contributed by atoms with van der Waals surface area (Å²) in [5, 5.41) is 18.4. The zero-order valence-corrected chi connectivity index (χ0v) is 18.1. The predicted molar refractivity (Wildman–Crippen MR) is 121 cm³/mol. The van der Waals surface area contributed by atoms with Gasteiger partial charge in [-0.05, 0) is 30.5 Å². The number of fused-ring (bicyclic) bond motifs is 3. The van der Waals surface area contributed by atoms with Crippen molar-refractivity contribution in [2.75, 3.05) is 12.4 Å². The van der Waals surface area contributed by atoms with Gasteiger partial charge in [0.25, 0.3) is 5.56 Å². The summed E-state index contributed by atoms with van der Waals surface area (Å²) in [6, 6.07) is 13.1. The van der Waals surface area contributed by atoms with Crippen LogP contribution in [0.5, 0.6) is 5.75 Å². The van der Waals surface area contributed by atoms with Crippen LogP contribution in [-0.4, -0.2) is 22.8 Å². The van der Waals surface area contributed by atoms with E-state index in [9.17, 15) is 14.9 Å². The van der Waals surface area contributed by atoms with Crippen LogP contribution in [0.4, 0.5) is 5.69 Å². The molecule has 0 unspecified atom stereocenters. The van der Waals surface area contributed by atoms with E-state index < -0.39 is 11.5 Å². The van der Waals surface area contributed by atoms with Crippen molar-refractivity contribution in [1.82, 2.24) is 9.78 Å². The van der Waals surface area contributed by atoms with Crippen LogP contribution < -0.4 is 15.6 Å². The van der Waals surface area contributed by atoms with Crippen molar-refractivity contribution in [3.63, 3.8) is 0 Å². The van der Waals surface area contributed by atoms with Gasteiger partial charge in [0.15, 0.2) is 0 Å². The number of nitriles is 1. The van der Waals surface area contributed by atoms with Gasteiger partial charge in [0.05, 0.1) is 18.5 Å². The highest BCUT2D eigenvalue weighted by Gasteiger charge is 2.18. The standard InChI is InChI=1S/C24H22N4O4/c1-4-14-17(12-25)24(30)28(27-18(14)5-2)13-23(29)26-19-11-21-16(10-22(19)31-3)15-8-6-7-9-20(15)32-21/h6-11H,4-5,13H2,1-3H3,(H,26,29). The molecule has 2 aromatic heterocycles. The van der Waals surface area contributed by atoms with Gasteiger partial charge in [-0.2, -0.15) is 10.4 Å². The molecule has 1 N–H and O–H groups in total.